The minimum absolute atomic E-state index is 0.586. The fourth-order valence-electron chi connectivity index (χ4n) is 2.78. The van der Waals surface area contributed by atoms with Gasteiger partial charge in [-0.25, -0.2) is 0 Å². The van der Waals surface area contributed by atoms with Gasteiger partial charge < -0.3 is 5.11 Å². The number of likely N-dealkylation sites (N-methyl/N-ethyl adjacent to an activating group) is 1. The highest BCUT2D eigenvalue weighted by molar-refractivity contribution is 5.78. The lowest BCUT2D eigenvalue weighted by Crippen LogP contribution is -2.38. The van der Waals surface area contributed by atoms with E-state index in [2.05, 4.69) is 24.0 Å². The summed E-state index contributed by atoms with van der Waals surface area (Å²) in [6, 6.07) is 16.0. The third-order valence-corrected chi connectivity index (χ3v) is 3.80. The molecule has 0 aliphatic heterocycles. The number of benzene rings is 2. The van der Waals surface area contributed by atoms with Crippen LogP contribution in [0.4, 0.5) is 0 Å². The number of hydrogen-bond acceptors (Lipinski definition) is 3. The maximum atomic E-state index is 11.1. The molecule has 0 aromatic heterocycles. The van der Waals surface area contributed by atoms with Gasteiger partial charge in [0.05, 0.1) is 5.60 Å². The summed E-state index contributed by atoms with van der Waals surface area (Å²) >= 11 is 0. The second-order valence-electron chi connectivity index (χ2n) is 6.52. The van der Waals surface area contributed by atoms with Crippen LogP contribution in [0, 0.1) is 0 Å². The van der Waals surface area contributed by atoms with Gasteiger partial charge in [0.2, 0.25) is 0 Å². The van der Waals surface area contributed by atoms with Crippen molar-refractivity contribution in [1.29, 1.82) is 0 Å². The predicted molar refractivity (Wildman–Crippen MR) is 94.5 cm³/mol. The predicted octanol–water partition coefficient (Wildman–Crippen LogP) is 3.76. The molecule has 0 heterocycles. The minimum atomic E-state index is -0.745. The van der Waals surface area contributed by atoms with Crippen LogP contribution in [0.1, 0.15) is 36.7 Å². The molecule has 0 unspecified atom stereocenters. The maximum Gasteiger partial charge on any atom is 0.150 e. The number of nitrogens with zero attached hydrogens (tertiary/aromatic N) is 1. The van der Waals surface area contributed by atoms with Crippen LogP contribution in [0.25, 0.3) is 11.1 Å². The Balaban J connectivity index is 2.36. The third-order valence-electron chi connectivity index (χ3n) is 3.80. The van der Waals surface area contributed by atoms with E-state index in [9.17, 15) is 9.90 Å². The number of hydrogen-bond donors (Lipinski definition) is 1. The molecule has 0 aliphatic rings. The van der Waals surface area contributed by atoms with Gasteiger partial charge in [-0.3, -0.25) is 9.69 Å². The number of rotatable bonds is 7. The summed E-state index contributed by atoms with van der Waals surface area (Å²) in [6.07, 6.45) is 0.880. The molecule has 3 nitrogen and oxygen atoms in total. The SMILES string of the molecule is CCN(Cc1cc(C=O)ccc1-c1ccccc1)CC(C)(C)O. The van der Waals surface area contributed by atoms with Gasteiger partial charge in [-0.2, -0.15) is 0 Å². The van der Waals surface area contributed by atoms with E-state index in [1.54, 1.807) is 0 Å². The van der Waals surface area contributed by atoms with Crippen LogP contribution < -0.4 is 0 Å². The summed E-state index contributed by atoms with van der Waals surface area (Å²) in [6.45, 7) is 7.84. The fraction of sp³-hybridized carbons (Fsp3) is 0.350. The number of aliphatic hydroxyl groups is 1. The topological polar surface area (TPSA) is 40.5 Å². The number of aldehydes is 1. The van der Waals surface area contributed by atoms with Gasteiger partial charge in [0.25, 0.3) is 0 Å². The van der Waals surface area contributed by atoms with Crippen molar-refractivity contribution < 1.29 is 9.90 Å². The van der Waals surface area contributed by atoms with Crippen LogP contribution in [-0.2, 0) is 6.54 Å². The van der Waals surface area contributed by atoms with E-state index in [0.29, 0.717) is 18.7 Å². The Morgan fingerprint density at radius 1 is 1.13 bits per heavy atom. The van der Waals surface area contributed by atoms with E-state index in [4.69, 9.17) is 0 Å². The highest BCUT2D eigenvalue weighted by atomic mass is 16.3. The molecule has 23 heavy (non-hydrogen) atoms. The van der Waals surface area contributed by atoms with Crippen LogP contribution in [-0.4, -0.2) is 35.0 Å². The van der Waals surface area contributed by atoms with Gasteiger partial charge in [-0.05, 0) is 43.1 Å². The zero-order valence-electron chi connectivity index (χ0n) is 14.1. The van der Waals surface area contributed by atoms with Gasteiger partial charge in [-0.1, -0.05) is 49.4 Å². The van der Waals surface area contributed by atoms with Crippen molar-refractivity contribution in [3.05, 3.63) is 59.7 Å². The first kappa shape index (κ1) is 17.4. The Kier molecular flexibility index (Phi) is 5.69. The Hall–Kier alpha value is -1.97. The highest BCUT2D eigenvalue weighted by Crippen LogP contribution is 2.26. The van der Waals surface area contributed by atoms with Crippen molar-refractivity contribution in [2.24, 2.45) is 0 Å². The smallest absolute Gasteiger partial charge is 0.150 e. The first-order valence-corrected chi connectivity index (χ1v) is 8.01. The van der Waals surface area contributed by atoms with Crippen molar-refractivity contribution >= 4 is 6.29 Å². The lowest BCUT2D eigenvalue weighted by Gasteiger charge is -2.28. The maximum absolute atomic E-state index is 11.1. The monoisotopic (exact) mass is 311 g/mol. The number of carbonyl (C=O) groups is 1. The average Bonchev–Trinajstić information content (AvgIpc) is 2.53. The molecule has 0 aliphatic carbocycles. The van der Waals surface area contributed by atoms with Gasteiger partial charge >= 0.3 is 0 Å². The Morgan fingerprint density at radius 2 is 1.83 bits per heavy atom. The van der Waals surface area contributed by atoms with Crippen LogP contribution in [0.3, 0.4) is 0 Å². The molecule has 0 saturated carbocycles. The Morgan fingerprint density at radius 3 is 2.39 bits per heavy atom. The Bertz CT molecular complexity index is 644. The highest BCUT2D eigenvalue weighted by Gasteiger charge is 2.18. The molecule has 122 valence electrons. The largest absolute Gasteiger partial charge is 0.389 e. The van der Waals surface area contributed by atoms with E-state index >= 15 is 0 Å². The summed E-state index contributed by atoms with van der Waals surface area (Å²) in [5, 5.41) is 10.1. The molecule has 0 amide bonds. The van der Waals surface area contributed by atoms with Gasteiger partial charge in [0, 0.05) is 18.7 Å². The molecule has 0 spiro atoms. The second kappa shape index (κ2) is 7.53. The molecule has 2 rings (SSSR count). The molecule has 2 aromatic carbocycles. The van der Waals surface area contributed by atoms with Crippen LogP contribution in [0.2, 0.25) is 0 Å². The van der Waals surface area contributed by atoms with Gasteiger partial charge in [0.1, 0.15) is 6.29 Å². The van der Waals surface area contributed by atoms with Crippen LogP contribution in [0.15, 0.2) is 48.5 Å². The van der Waals surface area contributed by atoms with E-state index in [1.807, 2.05) is 50.2 Å². The van der Waals surface area contributed by atoms with E-state index in [1.165, 1.54) is 0 Å². The van der Waals surface area contributed by atoms with E-state index < -0.39 is 5.60 Å². The molecule has 1 N–H and O–H groups in total. The van der Waals surface area contributed by atoms with Gasteiger partial charge in [0.15, 0.2) is 0 Å². The lowest BCUT2D eigenvalue weighted by molar-refractivity contribution is 0.0354. The first-order valence-electron chi connectivity index (χ1n) is 8.01. The fourth-order valence-corrected chi connectivity index (χ4v) is 2.78. The molecule has 0 saturated heterocycles. The second-order valence-corrected chi connectivity index (χ2v) is 6.52. The zero-order chi connectivity index (χ0) is 16.9. The third kappa shape index (κ3) is 5.02. The molecule has 0 bridgehead atoms. The van der Waals surface area contributed by atoms with Crippen molar-refractivity contribution in [2.75, 3.05) is 13.1 Å². The molecule has 0 atom stereocenters. The van der Waals surface area contributed by atoms with Crippen LogP contribution >= 0.6 is 0 Å². The van der Waals surface area contributed by atoms with Gasteiger partial charge in [-0.15, -0.1) is 0 Å². The summed E-state index contributed by atoms with van der Waals surface area (Å²) in [7, 11) is 0. The first-order chi connectivity index (χ1) is 10.9. The lowest BCUT2D eigenvalue weighted by atomic mass is 9.97. The standard InChI is InChI=1S/C20H25NO2/c1-4-21(15-20(2,3)23)13-18-12-16(14-22)10-11-19(18)17-8-6-5-7-9-17/h5-12,14,23H,4,13,15H2,1-3H3. The van der Waals surface area contributed by atoms with Crippen molar-refractivity contribution in [2.45, 2.75) is 32.9 Å². The summed E-state index contributed by atoms with van der Waals surface area (Å²) in [5.74, 6) is 0. The van der Waals surface area contributed by atoms with E-state index in [-0.39, 0.29) is 0 Å². The zero-order valence-corrected chi connectivity index (χ0v) is 14.1. The molecular formula is C20H25NO2. The minimum Gasteiger partial charge on any atom is -0.389 e. The van der Waals surface area contributed by atoms with Crippen molar-refractivity contribution in [3.63, 3.8) is 0 Å². The molecule has 3 heteroatoms. The number of carbonyl (C=O) groups excluding carboxylic acids is 1. The van der Waals surface area contributed by atoms with Crippen molar-refractivity contribution in [3.8, 4) is 11.1 Å². The molecular weight excluding hydrogens is 286 g/mol. The summed E-state index contributed by atoms with van der Waals surface area (Å²) in [4.78, 5) is 13.3. The summed E-state index contributed by atoms with van der Waals surface area (Å²) in [5.41, 5.74) is 3.31. The van der Waals surface area contributed by atoms with Crippen molar-refractivity contribution in [1.82, 2.24) is 4.90 Å². The van der Waals surface area contributed by atoms with E-state index in [0.717, 1.165) is 29.5 Å². The quantitative estimate of drug-likeness (QED) is 0.792. The van der Waals surface area contributed by atoms with Crippen LogP contribution in [0.5, 0.6) is 0 Å². The average molecular weight is 311 g/mol. The Labute approximate surface area is 138 Å². The molecule has 2 aromatic rings. The molecule has 0 radical (unpaired) electrons. The normalized spacial score (nSPS) is 11.7. The summed E-state index contributed by atoms with van der Waals surface area (Å²) < 4.78 is 0. The molecule has 0 fully saturated rings.